The molecule has 2 heterocycles. The number of aromatic nitrogens is 1. The van der Waals surface area contributed by atoms with Gasteiger partial charge in [0.2, 0.25) is 5.89 Å². The summed E-state index contributed by atoms with van der Waals surface area (Å²) in [5.74, 6) is 1.12. The fraction of sp³-hybridized carbons (Fsp3) is 0.0377. The zero-order valence-corrected chi connectivity index (χ0v) is 31.6. The molecular weight excluding hydrogens is 697 g/mol. The molecule has 0 amide bonds. The summed E-state index contributed by atoms with van der Waals surface area (Å²) in [5.41, 5.74) is 12.2. The standard InChI is InChI=1S/C53H42N2O2/c1-4-7-24-50-52(46-35-32-44(37-51(46)56-50)53-54-47-23-14-15-25-49(47)57-53)48(17-5-2)55(45-33-30-43(31-34-45)40-20-12-9-13-21-40)36-16-22-38(6-3)41-26-28-42(29-27-41)39-18-10-8-11-19-39/h4-37,50,52H,1-3H2/b24-7+,36-16+,38-22+,48-17-. The van der Waals surface area contributed by atoms with Gasteiger partial charge in [-0.2, -0.15) is 0 Å². The van der Waals surface area contributed by atoms with Gasteiger partial charge in [-0.3, -0.25) is 0 Å². The molecule has 2 atom stereocenters. The molecule has 276 valence electrons. The van der Waals surface area contributed by atoms with Crippen LogP contribution in [0.25, 0.3) is 50.4 Å². The van der Waals surface area contributed by atoms with Gasteiger partial charge in [-0.15, -0.1) is 0 Å². The lowest BCUT2D eigenvalue weighted by Gasteiger charge is -2.30. The van der Waals surface area contributed by atoms with Crippen molar-refractivity contribution in [2.75, 3.05) is 4.90 Å². The van der Waals surface area contributed by atoms with Crippen molar-refractivity contribution in [2.45, 2.75) is 12.0 Å². The lowest BCUT2D eigenvalue weighted by Crippen LogP contribution is -2.27. The van der Waals surface area contributed by atoms with Crippen LogP contribution in [-0.2, 0) is 0 Å². The fourth-order valence-corrected chi connectivity index (χ4v) is 7.30. The third-order valence-electron chi connectivity index (χ3n) is 10.1. The summed E-state index contributed by atoms with van der Waals surface area (Å²) in [4.78, 5) is 6.97. The van der Waals surface area contributed by atoms with Crippen LogP contribution < -0.4 is 9.64 Å². The highest BCUT2D eigenvalue weighted by atomic mass is 16.5. The molecule has 0 aliphatic carbocycles. The van der Waals surface area contributed by atoms with Crippen LogP contribution in [0.1, 0.15) is 17.0 Å². The molecule has 0 spiro atoms. The number of benzene rings is 6. The number of para-hydroxylation sites is 2. The van der Waals surface area contributed by atoms with Crippen molar-refractivity contribution in [3.05, 3.63) is 243 Å². The Morgan fingerprint density at radius 1 is 0.614 bits per heavy atom. The number of rotatable bonds is 13. The summed E-state index contributed by atoms with van der Waals surface area (Å²) < 4.78 is 12.9. The van der Waals surface area contributed by atoms with E-state index in [9.17, 15) is 0 Å². The zero-order chi connectivity index (χ0) is 39.0. The summed E-state index contributed by atoms with van der Waals surface area (Å²) in [6.45, 7) is 12.3. The predicted molar refractivity (Wildman–Crippen MR) is 238 cm³/mol. The minimum absolute atomic E-state index is 0.196. The van der Waals surface area contributed by atoms with Crippen LogP contribution in [0.4, 0.5) is 5.69 Å². The number of anilines is 1. The molecule has 0 saturated heterocycles. The molecular formula is C53H42N2O2. The van der Waals surface area contributed by atoms with Crippen LogP contribution in [-0.4, -0.2) is 11.1 Å². The van der Waals surface area contributed by atoms with E-state index in [1.165, 1.54) is 11.1 Å². The molecule has 8 rings (SSSR count). The first-order chi connectivity index (χ1) is 28.1. The Kier molecular flexibility index (Phi) is 10.9. The molecule has 1 aliphatic heterocycles. The molecule has 0 radical (unpaired) electrons. The Hall–Kier alpha value is -7.43. The SMILES string of the molecule is C=C/C=C(/C1c2ccc(-c3nc4ccccc4o3)cc2OC1/C=C/C=C)N(/C=C/C=C(\C=C)c1ccc(-c2ccccc2)cc1)c1ccc(-c2ccccc2)cc1. The van der Waals surface area contributed by atoms with Crippen LogP contribution in [0.15, 0.2) is 236 Å². The first-order valence-corrected chi connectivity index (χ1v) is 19.0. The smallest absolute Gasteiger partial charge is 0.227 e. The second-order valence-electron chi connectivity index (χ2n) is 13.6. The Morgan fingerprint density at radius 3 is 1.89 bits per heavy atom. The molecule has 7 aromatic rings. The first kappa shape index (κ1) is 36.5. The summed E-state index contributed by atoms with van der Waals surface area (Å²) in [6.07, 6.45) is 17.5. The number of hydrogen-bond donors (Lipinski definition) is 0. The fourth-order valence-electron chi connectivity index (χ4n) is 7.30. The Bertz CT molecular complexity index is 2610. The maximum absolute atomic E-state index is 6.75. The quantitative estimate of drug-likeness (QED) is 0.110. The van der Waals surface area contributed by atoms with E-state index in [2.05, 4.69) is 164 Å². The van der Waals surface area contributed by atoms with E-state index in [1.807, 2.05) is 60.7 Å². The Balaban J connectivity index is 1.19. The van der Waals surface area contributed by atoms with Gasteiger partial charge < -0.3 is 14.1 Å². The van der Waals surface area contributed by atoms with Crippen molar-refractivity contribution >= 4 is 22.4 Å². The molecule has 0 bridgehead atoms. The van der Waals surface area contributed by atoms with Crippen molar-refractivity contribution < 1.29 is 9.15 Å². The summed E-state index contributed by atoms with van der Waals surface area (Å²) in [5, 5.41) is 0. The van der Waals surface area contributed by atoms with Crippen LogP contribution in [0, 0.1) is 0 Å². The van der Waals surface area contributed by atoms with Gasteiger partial charge in [0.1, 0.15) is 17.4 Å². The molecule has 4 nitrogen and oxygen atoms in total. The molecule has 6 aromatic carbocycles. The average molecular weight is 739 g/mol. The predicted octanol–water partition coefficient (Wildman–Crippen LogP) is 13.8. The lowest BCUT2D eigenvalue weighted by molar-refractivity contribution is 0.266. The molecule has 0 N–H and O–H groups in total. The highest BCUT2D eigenvalue weighted by Crippen LogP contribution is 2.47. The highest BCUT2D eigenvalue weighted by Gasteiger charge is 2.38. The third-order valence-corrected chi connectivity index (χ3v) is 10.1. The molecule has 4 heteroatoms. The number of hydrogen-bond acceptors (Lipinski definition) is 4. The number of ether oxygens (including phenoxy) is 1. The van der Waals surface area contributed by atoms with Gasteiger partial charge in [0, 0.05) is 28.7 Å². The van der Waals surface area contributed by atoms with E-state index < -0.39 is 0 Å². The van der Waals surface area contributed by atoms with E-state index in [0.717, 1.165) is 61.6 Å². The monoisotopic (exact) mass is 738 g/mol. The van der Waals surface area contributed by atoms with Crippen LogP contribution in [0.2, 0.25) is 0 Å². The maximum atomic E-state index is 6.75. The van der Waals surface area contributed by atoms with Gasteiger partial charge in [0.25, 0.3) is 0 Å². The maximum Gasteiger partial charge on any atom is 0.227 e. The first-order valence-electron chi connectivity index (χ1n) is 19.0. The van der Waals surface area contributed by atoms with Crippen molar-refractivity contribution in [1.29, 1.82) is 0 Å². The van der Waals surface area contributed by atoms with Crippen molar-refractivity contribution in [3.8, 4) is 39.5 Å². The van der Waals surface area contributed by atoms with Crippen molar-refractivity contribution in [2.24, 2.45) is 0 Å². The van der Waals surface area contributed by atoms with Crippen LogP contribution in [0.3, 0.4) is 0 Å². The Morgan fingerprint density at radius 2 is 1.25 bits per heavy atom. The molecule has 2 unspecified atom stereocenters. The number of nitrogens with zero attached hydrogens (tertiary/aromatic N) is 2. The van der Waals surface area contributed by atoms with Gasteiger partial charge in [-0.1, -0.05) is 165 Å². The van der Waals surface area contributed by atoms with E-state index in [-0.39, 0.29) is 12.0 Å². The van der Waals surface area contributed by atoms with Crippen LogP contribution in [0.5, 0.6) is 5.75 Å². The summed E-state index contributed by atoms with van der Waals surface area (Å²) in [7, 11) is 0. The largest absolute Gasteiger partial charge is 0.485 e. The van der Waals surface area contributed by atoms with Gasteiger partial charge in [-0.25, -0.2) is 4.98 Å². The average Bonchev–Trinajstić information content (AvgIpc) is 3.87. The van der Waals surface area contributed by atoms with Gasteiger partial charge in [-0.05, 0) is 88.0 Å². The zero-order valence-electron chi connectivity index (χ0n) is 31.6. The van der Waals surface area contributed by atoms with Gasteiger partial charge in [0.05, 0.1) is 5.92 Å². The molecule has 1 aliphatic rings. The lowest BCUT2D eigenvalue weighted by atomic mass is 9.89. The number of allylic oxidation sites excluding steroid dienone is 8. The van der Waals surface area contributed by atoms with E-state index in [0.29, 0.717) is 5.89 Å². The third kappa shape index (κ3) is 7.89. The molecule has 0 fully saturated rings. The molecule has 57 heavy (non-hydrogen) atoms. The topological polar surface area (TPSA) is 38.5 Å². The highest BCUT2D eigenvalue weighted by molar-refractivity contribution is 5.78. The molecule has 0 saturated carbocycles. The minimum atomic E-state index is -0.329. The summed E-state index contributed by atoms with van der Waals surface area (Å²) >= 11 is 0. The van der Waals surface area contributed by atoms with Crippen molar-refractivity contribution in [1.82, 2.24) is 4.98 Å². The van der Waals surface area contributed by atoms with Gasteiger partial charge >= 0.3 is 0 Å². The normalized spacial score (nSPS) is 15.4. The minimum Gasteiger partial charge on any atom is -0.485 e. The van der Waals surface area contributed by atoms with Crippen LogP contribution >= 0.6 is 0 Å². The van der Waals surface area contributed by atoms with E-state index >= 15 is 0 Å². The second-order valence-corrected chi connectivity index (χ2v) is 13.6. The molecule has 1 aromatic heterocycles. The van der Waals surface area contributed by atoms with Gasteiger partial charge in [0.15, 0.2) is 5.58 Å². The Labute approximate surface area is 334 Å². The number of oxazole rings is 1. The second kappa shape index (κ2) is 16.9. The van der Waals surface area contributed by atoms with Crippen molar-refractivity contribution in [3.63, 3.8) is 0 Å². The van der Waals surface area contributed by atoms with E-state index in [1.54, 1.807) is 6.08 Å². The van der Waals surface area contributed by atoms with E-state index in [4.69, 9.17) is 14.1 Å². The number of fused-ring (bicyclic) bond motifs is 2. The summed E-state index contributed by atoms with van der Waals surface area (Å²) in [6, 6.07) is 52.1.